The topological polar surface area (TPSA) is 66.6 Å². The first-order chi connectivity index (χ1) is 9.17. The first kappa shape index (κ1) is 14.2. The minimum absolute atomic E-state index is 0.267. The van der Waals surface area contributed by atoms with Crippen LogP contribution in [-0.4, -0.2) is 37.5 Å². The Balaban J connectivity index is 2.02. The molecule has 2 heterocycles. The number of aryl methyl sites for hydroxylation is 1. The average Bonchev–Trinajstić information content (AvgIpc) is 2.45. The van der Waals surface area contributed by atoms with E-state index < -0.39 is 0 Å². The predicted molar refractivity (Wildman–Crippen MR) is 72.2 cm³/mol. The number of rotatable bonds is 5. The van der Waals surface area contributed by atoms with E-state index in [1.807, 2.05) is 19.1 Å². The van der Waals surface area contributed by atoms with Crippen LogP contribution in [0.1, 0.15) is 24.2 Å². The number of hydrogen-bond donors (Lipinski definition) is 1. The van der Waals surface area contributed by atoms with E-state index in [-0.39, 0.29) is 5.60 Å². The van der Waals surface area contributed by atoms with Crippen LogP contribution in [0.2, 0.25) is 0 Å². The molecule has 0 aromatic carbocycles. The van der Waals surface area contributed by atoms with E-state index in [1.54, 1.807) is 7.11 Å². The molecule has 0 amide bonds. The van der Waals surface area contributed by atoms with Crippen molar-refractivity contribution in [2.75, 3.05) is 26.9 Å². The van der Waals surface area contributed by atoms with Crippen LogP contribution >= 0.6 is 0 Å². The van der Waals surface area contributed by atoms with Gasteiger partial charge in [0.25, 0.3) is 0 Å². The van der Waals surface area contributed by atoms with E-state index in [1.165, 1.54) is 0 Å². The Kier molecular flexibility index (Phi) is 4.74. The minimum atomic E-state index is -0.267. The molecule has 1 aliphatic rings. The van der Waals surface area contributed by atoms with Crippen molar-refractivity contribution < 1.29 is 14.2 Å². The molecule has 0 saturated carbocycles. The molecule has 1 aromatic rings. The van der Waals surface area contributed by atoms with Crippen LogP contribution in [0.4, 0.5) is 0 Å². The maximum Gasteiger partial charge on any atom is 0.122 e. The summed E-state index contributed by atoms with van der Waals surface area (Å²) in [6.07, 6.45) is 1.68. The number of hydrogen-bond acceptors (Lipinski definition) is 5. The second-order valence-corrected chi connectivity index (χ2v) is 4.93. The van der Waals surface area contributed by atoms with E-state index in [9.17, 15) is 0 Å². The van der Waals surface area contributed by atoms with Gasteiger partial charge in [-0.2, -0.15) is 0 Å². The fraction of sp³-hybridized carbons (Fsp3) is 0.643. The lowest BCUT2D eigenvalue weighted by molar-refractivity contribution is -0.113. The molecule has 5 heteroatoms. The molecule has 2 N–H and O–H groups in total. The molecule has 19 heavy (non-hydrogen) atoms. The zero-order chi connectivity index (χ0) is 13.7. The summed E-state index contributed by atoms with van der Waals surface area (Å²) in [6, 6.07) is 3.80. The first-order valence-corrected chi connectivity index (χ1v) is 6.61. The van der Waals surface area contributed by atoms with E-state index in [2.05, 4.69) is 4.98 Å². The summed E-state index contributed by atoms with van der Waals surface area (Å²) >= 11 is 0. The molecule has 0 bridgehead atoms. The zero-order valence-electron chi connectivity index (χ0n) is 11.6. The summed E-state index contributed by atoms with van der Waals surface area (Å²) in [4.78, 5) is 4.45. The number of aromatic nitrogens is 1. The Bertz CT molecular complexity index is 417. The Morgan fingerprint density at radius 3 is 2.74 bits per heavy atom. The smallest absolute Gasteiger partial charge is 0.122 e. The molecule has 0 radical (unpaired) electrons. The second-order valence-electron chi connectivity index (χ2n) is 4.93. The van der Waals surface area contributed by atoms with Crippen LogP contribution in [0.15, 0.2) is 12.1 Å². The lowest BCUT2D eigenvalue weighted by atomic mass is 9.94. The van der Waals surface area contributed by atoms with Gasteiger partial charge in [0.1, 0.15) is 5.75 Å². The van der Waals surface area contributed by atoms with Gasteiger partial charge < -0.3 is 19.9 Å². The Hall–Kier alpha value is -1.17. The largest absolute Gasteiger partial charge is 0.497 e. The van der Waals surface area contributed by atoms with Gasteiger partial charge in [-0.25, -0.2) is 0 Å². The second kappa shape index (κ2) is 6.32. The number of nitrogens with zero attached hydrogens (tertiary/aromatic N) is 1. The molecular weight excluding hydrogens is 244 g/mol. The van der Waals surface area contributed by atoms with Gasteiger partial charge in [-0.1, -0.05) is 0 Å². The zero-order valence-corrected chi connectivity index (χ0v) is 11.6. The van der Waals surface area contributed by atoms with E-state index in [0.717, 1.165) is 30.0 Å². The van der Waals surface area contributed by atoms with Crippen molar-refractivity contribution in [1.29, 1.82) is 0 Å². The third kappa shape index (κ3) is 3.65. The SMILES string of the molecule is COc1cc(C)nc(COC2(CN)CCOCC2)c1. The van der Waals surface area contributed by atoms with Crippen molar-refractivity contribution in [2.24, 2.45) is 5.73 Å². The van der Waals surface area contributed by atoms with Gasteiger partial charge in [-0.3, -0.25) is 4.98 Å². The van der Waals surface area contributed by atoms with Gasteiger partial charge in [0.2, 0.25) is 0 Å². The molecule has 106 valence electrons. The molecule has 2 rings (SSSR count). The number of ether oxygens (including phenoxy) is 3. The highest BCUT2D eigenvalue weighted by Crippen LogP contribution is 2.25. The highest BCUT2D eigenvalue weighted by Gasteiger charge is 2.32. The summed E-state index contributed by atoms with van der Waals surface area (Å²) < 4.78 is 16.6. The summed E-state index contributed by atoms with van der Waals surface area (Å²) in [6.45, 7) is 4.33. The molecule has 0 spiro atoms. The van der Waals surface area contributed by atoms with Crippen LogP contribution in [-0.2, 0) is 16.1 Å². The van der Waals surface area contributed by atoms with Crippen LogP contribution in [0.25, 0.3) is 0 Å². The van der Waals surface area contributed by atoms with E-state index >= 15 is 0 Å². The summed E-state index contributed by atoms with van der Waals surface area (Å²) in [5, 5.41) is 0. The highest BCUT2D eigenvalue weighted by molar-refractivity contribution is 5.26. The molecule has 5 nitrogen and oxygen atoms in total. The highest BCUT2D eigenvalue weighted by atomic mass is 16.5. The quantitative estimate of drug-likeness (QED) is 0.873. The van der Waals surface area contributed by atoms with E-state index in [4.69, 9.17) is 19.9 Å². The van der Waals surface area contributed by atoms with Gasteiger partial charge >= 0.3 is 0 Å². The third-order valence-electron chi connectivity index (χ3n) is 3.52. The van der Waals surface area contributed by atoms with Crippen LogP contribution in [0.3, 0.4) is 0 Å². The number of methoxy groups -OCH3 is 1. The van der Waals surface area contributed by atoms with Crippen molar-refractivity contribution in [3.05, 3.63) is 23.5 Å². The van der Waals surface area contributed by atoms with Gasteiger partial charge in [-0.15, -0.1) is 0 Å². The maximum absolute atomic E-state index is 6.04. The minimum Gasteiger partial charge on any atom is -0.497 e. The fourth-order valence-electron chi connectivity index (χ4n) is 2.27. The van der Waals surface area contributed by atoms with Gasteiger partial charge in [0.05, 0.1) is 25.0 Å². The first-order valence-electron chi connectivity index (χ1n) is 6.61. The molecule has 0 unspecified atom stereocenters. The molecule has 1 fully saturated rings. The predicted octanol–water partition coefficient (Wildman–Crippen LogP) is 1.42. The van der Waals surface area contributed by atoms with Gasteiger partial charge in [0.15, 0.2) is 0 Å². The van der Waals surface area contributed by atoms with Crippen molar-refractivity contribution >= 4 is 0 Å². The summed E-state index contributed by atoms with van der Waals surface area (Å²) in [7, 11) is 1.65. The summed E-state index contributed by atoms with van der Waals surface area (Å²) in [5.41, 5.74) is 7.39. The molecule has 0 aliphatic carbocycles. The maximum atomic E-state index is 6.04. The molecule has 0 atom stereocenters. The lowest BCUT2D eigenvalue weighted by Gasteiger charge is -2.36. The number of nitrogens with two attached hydrogens (primary N) is 1. The Labute approximate surface area is 114 Å². The van der Waals surface area contributed by atoms with Crippen LogP contribution in [0.5, 0.6) is 5.75 Å². The van der Waals surface area contributed by atoms with Crippen LogP contribution in [0, 0.1) is 6.92 Å². The third-order valence-corrected chi connectivity index (χ3v) is 3.52. The summed E-state index contributed by atoms with van der Waals surface area (Å²) in [5.74, 6) is 0.805. The molecule has 1 aromatic heterocycles. The van der Waals surface area contributed by atoms with Gasteiger partial charge in [0, 0.05) is 50.4 Å². The van der Waals surface area contributed by atoms with E-state index in [0.29, 0.717) is 26.4 Å². The van der Waals surface area contributed by atoms with Gasteiger partial charge in [-0.05, 0) is 6.92 Å². The van der Waals surface area contributed by atoms with Crippen LogP contribution < -0.4 is 10.5 Å². The number of pyridine rings is 1. The molecular formula is C14H22N2O3. The molecule has 1 saturated heterocycles. The Morgan fingerprint density at radius 1 is 1.37 bits per heavy atom. The van der Waals surface area contributed by atoms with Crippen molar-refractivity contribution in [3.8, 4) is 5.75 Å². The Morgan fingerprint density at radius 2 is 2.11 bits per heavy atom. The normalized spacial score (nSPS) is 18.3. The van der Waals surface area contributed by atoms with Crippen molar-refractivity contribution in [2.45, 2.75) is 32.0 Å². The van der Waals surface area contributed by atoms with Crippen molar-refractivity contribution in [3.63, 3.8) is 0 Å². The standard InChI is InChI=1S/C14H22N2O3/c1-11-7-13(17-2)8-12(16-11)9-19-14(10-15)3-5-18-6-4-14/h7-8H,3-6,9-10,15H2,1-2H3. The fourth-order valence-corrected chi connectivity index (χ4v) is 2.27. The monoisotopic (exact) mass is 266 g/mol. The lowest BCUT2D eigenvalue weighted by Crippen LogP contribution is -2.45. The van der Waals surface area contributed by atoms with Crippen molar-refractivity contribution in [1.82, 2.24) is 4.98 Å². The average molecular weight is 266 g/mol. The molecule has 1 aliphatic heterocycles.